The maximum atomic E-state index is 13.5. The van der Waals surface area contributed by atoms with Crippen LogP contribution in [0.3, 0.4) is 0 Å². The zero-order chi connectivity index (χ0) is 43.1. The van der Waals surface area contributed by atoms with E-state index in [0.29, 0.717) is 6.42 Å². The van der Waals surface area contributed by atoms with E-state index in [9.17, 15) is 4.79 Å². The van der Waals surface area contributed by atoms with E-state index < -0.39 is 20.0 Å². The maximum absolute atomic E-state index is 13.5. The summed E-state index contributed by atoms with van der Waals surface area (Å²) in [5.74, 6) is -0.186. The molecule has 0 aromatic heterocycles. The Morgan fingerprint density at radius 3 is 1.34 bits per heavy atom. The van der Waals surface area contributed by atoms with Gasteiger partial charge in [0.05, 0.1) is 6.61 Å². The first-order chi connectivity index (χ1) is 29.8. The van der Waals surface area contributed by atoms with Gasteiger partial charge in [-0.3, -0.25) is 4.79 Å². The number of rotatable bonds is 27. The van der Waals surface area contributed by atoms with Crippen molar-refractivity contribution >= 4 is 24.7 Å². The van der Waals surface area contributed by atoms with Gasteiger partial charge in [0.2, 0.25) is 0 Å². The number of carbonyl (C=O) groups is 1. The maximum Gasteiger partial charge on any atom is 0.305 e. The van der Waals surface area contributed by atoms with Gasteiger partial charge in [0.25, 0.3) is 8.32 Å². The second kappa shape index (κ2) is 25.4. The van der Waals surface area contributed by atoms with Gasteiger partial charge in [-0.1, -0.05) is 243 Å². The highest BCUT2D eigenvalue weighted by molar-refractivity contribution is 6.99. The lowest BCUT2D eigenvalue weighted by Crippen LogP contribution is -2.68. The fourth-order valence-electron chi connectivity index (χ4n) is 8.64. The number of allylic oxidation sites excluding steroid dienone is 2. The van der Waals surface area contributed by atoms with Crippen molar-refractivity contribution in [1.82, 2.24) is 0 Å². The molecule has 5 rings (SSSR count). The molecule has 0 N–H and O–H groups in total. The quantitative estimate of drug-likeness (QED) is 0.0174. The Labute approximate surface area is 369 Å². The molecule has 5 heteroatoms. The van der Waals surface area contributed by atoms with Crippen LogP contribution in [0.15, 0.2) is 164 Å². The first-order valence-corrected chi connectivity index (χ1v) is 25.1. The molecule has 0 aliphatic carbocycles. The van der Waals surface area contributed by atoms with Crippen molar-refractivity contribution in [2.45, 2.75) is 134 Å². The Morgan fingerprint density at radius 1 is 0.525 bits per heavy atom. The summed E-state index contributed by atoms with van der Waals surface area (Å²) < 4.78 is 21.3. The Bertz CT molecular complexity index is 1810. The van der Waals surface area contributed by atoms with Gasteiger partial charge < -0.3 is 13.9 Å². The Morgan fingerprint density at radius 2 is 0.918 bits per heavy atom. The number of hydrogen-bond acceptors (Lipinski definition) is 4. The third-order valence-corrected chi connectivity index (χ3v) is 17.0. The van der Waals surface area contributed by atoms with Crippen LogP contribution in [0.1, 0.15) is 134 Å². The van der Waals surface area contributed by atoms with E-state index in [4.69, 9.17) is 13.9 Å². The van der Waals surface area contributed by atoms with Crippen molar-refractivity contribution in [2.24, 2.45) is 0 Å². The second-order valence-corrected chi connectivity index (χ2v) is 21.8. The molecular weight excluding hydrogens is 765 g/mol. The fourth-order valence-corrected chi connectivity index (χ4v) is 13.3. The topological polar surface area (TPSA) is 44.8 Å². The lowest BCUT2D eigenvalue weighted by Gasteiger charge is -2.45. The van der Waals surface area contributed by atoms with Crippen molar-refractivity contribution < 1.29 is 18.7 Å². The molecule has 61 heavy (non-hydrogen) atoms. The van der Waals surface area contributed by atoms with Gasteiger partial charge in [0.1, 0.15) is 18.3 Å². The minimum atomic E-state index is -3.06. The van der Waals surface area contributed by atoms with E-state index in [1.165, 1.54) is 68.2 Å². The predicted octanol–water partition coefficient (Wildman–Crippen LogP) is 13.5. The SMILES string of the molecule is CCCCCCCC/C=C\CCCCCCCC(=O)OCC(COC(c1ccccc1)(c1ccccc1)c1ccccc1)O[Si](c1ccccc1)(c1ccccc1)C(C)(C)C. The van der Waals surface area contributed by atoms with Crippen molar-refractivity contribution in [1.29, 1.82) is 0 Å². The Hall–Kier alpha value is -4.55. The number of ether oxygens (including phenoxy) is 2. The molecule has 0 aliphatic heterocycles. The van der Waals surface area contributed by atoms with E-state index >= 15 is 0 Å². The zero-order valence-electron chi connectivity index (χ0n) is 37.6. The normalized spacial score (nSPS) is 12.7. The van der Waals surface area contributed by atoms with Gasteiger partial charge in [0, 0.05) is 6.42 Å². The highest BCUT2D eigenvalue weighted by Crippen LogP contribution is 2.42. The number of benzene rings is 5. The standard InChI is InChI=1S/C56H72O4Si/c1-5-6-7-8-9-10-11-12-13-14-15-16-17-18-34-45-54(57)58-46-51(60-61(55(2,3)4,52-41-30-22-31-42-52)53-43-32-23-33-44-53)47-59-56(48-35-24-19-25-36-48,49-37-26-20-27-38-49)50-39-28-21-29-40-50/h12-13,19-33,35-44,51H,5-11,14-18,34,45-47H2,1-4H3/b13-12-. The summed E-state index contributed by atoms with van der Waals surface area (Å²) >= 11 is 0. The van der Waals surface area contributed by atoms with Crippen LogP contribution >= 0.6 is 0 Å². The van der Waals surface area contributed by atoms with Gasteiger partial charge in [-0.25, -0.2) is 0 Å². The van der Waals surface area contributed by atoms with E-state index in [0.717, 1.165) is 42.4 Å². The van der Waals surface area contributed by atoms with Gasteiger partial charge in [-0.2, -0.15) is 0 Å². The molecule has 0 bridgehead atoms. The van der Waals surface area contributed by atoms with Crippen LogP contribution < -0.4 is 10.4 Å². The van der Waals surface area contributed by atoms with E-state index in [1.54, 1.807) is 0 Å². The molecule has 4 nitrogen and oxygen atoms in total. The van der Waals surface area contributed by atoms with Crippen LogP contribution in [0.4, 0.5) is 0 Å². The van der Waals surface area contributed by atoms with Gasteiger partial charge >= 0.3 is 5.97 Å². The first-order valence-electron chi connectivity index (χ1n) is 23.2. The summed E-state index contributed by atoms with van der Waals surface area (Å²) in [7, 11) is -3.06. The highest BCUT2D eigenvalue weighted by atomic mass is 28.4. The van der Waals surface area contributed by atoms with Gasteiger partial charge in [0.15, 0.2) is 0 Å². The summed E-state index contributed by atoms with van der Waals surface area (Å²) in [5.41, 5.74) is 2.08. The van der Waals surface area contributed by atoms with Crippen LogP contribution in [-0.4, -0.2) is 33.6 Å². The molecule has 5 aromatic carbocycles. The van der Waals surface area contributed by atoms with Crippen molar-refractivity contribution in [3.8, 4) is 0 Å². The number of esters is 1. The zero-order valence-corrected chi connectivity index (χ0v) is 38.6. The molecule has 0 radical (unpaired) electrons. The van der Waals surface area contributed by atoms with E-state index in [-0.39, 0.29) is 24.2 Å². The van der Waals surface area contributed by atoms with Gasteiger partial charge in [-0.15, -0.1) is 0 Å². The number of hydrogen-bond donors (Lipinski definition) is 0. The Balaban J connectivity index is 1.33. The third-order valence-electron chi connectivity index (χ3n) is 11.9. The summed E-state index contributed by atoms with van der Waals surface area (Å²) in [6.07, 6.45) is 20.4. The van der Waals surface area contributed by atoms with Crippen LogP contribution in [0, 0.1) is 0 Å². The van der Waals surface area contributed by atoms with Crippen LogP contribution in [0.2, 0.25) is 5.04 Å². The van der Waals surface area contributed by atoms with Crippen LogP contribution in [0.25, 0.3) is 0 Å². The second-order valence-electron chi connectivity index (χ2n) is 17.5. The first kappa shape index (κ1) is 47.5. The van der Waals surface area contributed by atoms with Crippen molar-refractivity contribution in [2.75, 3.05) is 13.2 Å². The minimum Gasteiger partial charge on any atom is -0.463 e. The average molecular weight is 837 g/mol. The summed E-state index contributed by atoms with van der Waals surface area (Å²) in [5, 5.41) is 2.05. The van der Waals surface area contributed by atoms with Gasteiger partial charge in [-0.05, 0) is 64.2 Å². The molecule has 0 saturated carbocycles. The minimum absolute atomic E-state index is 0.0862. The molecule has 0 spiro atoms. The van der Waals surface area contributed by atoms with Crippen LogP contribution in [-0.2, 0) is 24.3 Å². The highest BCUT2D eigenvalue weighted by Gasteiger charge is 2.52. The van der Waals surface area contributed by atoms with Crippen molar-refractivity contribution in [3.63, 3.8) is 0 Å². The summed E-state index contributed by atoms with van der Waals surface area (Å²) in [6.45, 7) is 9.37. The van der Waals surface area contributed by atoms with Crippen molar-refractivity contribution in [3.05, 3.63) is 181 Å². The summed E-state index contributed by atoms with van der Waals surface area (Å²) in [4.78, 5) is 13.5. The lowest BCUT2D eigenvalue weighted by atomic mass is 9.80. The Kier molecular flexibility index (Phi) is 19.8. The van der Waals surface area contributed by atoms with Crippen LogP contribution in [0.5, 0.6) is 0 Å². The van der Waals surface area contributed by atoms with E-state index in [2.05, 4.69) is 173 Å². The third kappa shape index (κ3) is 13.7. The number of unbranched alkanes of at least 4 members (excludes halogenated alkanes) is 11. The summed E-state index contributed by atoms with van der Waals surface area (Å²) in [6, 6.07) is 52.6. The molecular formula is C56H72O4Si. The number of carbonyl (C=O) groups excluding carboxylic acids is 1. The average Bonchev–Trinajstić information content (AvgIpc) is 3.29. The largest absolute Gasteiger partial charge is 0.463 e. The predicted molar refractivity (Wildman–Crippen MR) is 258 cm³/mol. The molecule has 1 atom stereocenters. The monoisotopic (exact) mass is 837 g/mol. The molecule has 0 saturated heterocycles. The molecule has 0 aliphatic rings. The smallest absolute Gasteiger partial charge is 0.305 e. The molecule has 5 aromatic rings. The van der Waals surface area contributed by atoms with E-state index in [1.807, 2.05) is 18.2 Å². The molecule has 1 unspecified atom stereocenters. The molecule has 0 amide bonds. The molecule has 0 heterocycles. The fraction of sp³-hybridized carbons (Fsp3) is 0.411. The molecule has 0 fully saturated rings. The molecule has 324 valence electrons. The lowest BCUT2D eigenvalue weighted by molar-refractivity contribution is -0.148.